The molecule has 19 heavy (non-hydrogen) atoms. The van der Waals surface area contributed by atoms with Gasteiger partial charge in [0, 0.05) is 0 Å². The fourth-order valence-corrected chi connectivity index (χ4v) is 0.714. The number of carbonyl (C=O) groups is 3. The molecule has 0 saturated carbocycles. The molecule has 12 nitrogen and oxygen atoms in total. The normalized spacial score (nSPS) is 7.42. The third-order valence-electron chi connectivity index (χ3n) is 1.29. The Kier molecular flexibility index (Phi) is 37.5. The van der Waals surface area contributed by atoms with Gasteiger partial charge in [0.15, 0.2) is 5.60 Å². The molecule has 0 unspecified atom stereocenters. The minimum Gasteiger partial charge on any atom is -0.481 e. The summed E-state index contributed by atoms with van der Waals surface area (Å²) in [6, 6.07) is 0. The number of aliphatic carboxylic acids is 3. The van der Waals surface area contributed by atoms with E-state index in [1.807, 2.05) is 0 Å². The molecule has 0 aromatic carbocycles. The van der Waals surface area contributed by atoms with Crippen LogP contribution in [-0.2, 0) is 14.4 Å². The summed E-state index contributed by atoms with van der Waals surface area (Å²) in [4.78, 5) is 30.5. The molecule has 0 aliphatic heterocycles. The van der Waals surface area contributed by atoms with Crippen LogP contribution in [0.15, 0.2) is 0 Å². The van der Waals surface area contributed by atoms with Gasteiger partial charge in [-0.15, -0.1) is 12.4 Å². The van der Waals surface area contributed by atoms with Crippen LogP contribution >= 0.6 is 12.4 Å². The number of carboxylic acid groups (broad SMARTS) is 3. The first-order chi connectivity index (χ1) is 5.78. The highest BCUT2D eigenvalue weighted by Crippen LogP contribution is 2.15. The molecule has 122 valence electrons. The van der Waals surface area contributed by atoms with Gasteiger partial charge in [-0.2, -0.15) is 0 Å². The van der Waals surface area contributed by atoms with Crippen LogP contribution in [0, 0.1) is 0 Å². The molecule has 0 amide bonds. The fourth-order valence-electron chi connectivity index (χ4n) is 0.714. The zero-order valence-electron chi connectivity index (χ0n) is 10.4. The Bertz CT molecular complexity index is 248. The molecule has 0 bridgehead atoms. The van der Waals surface area contributed by atoms with Crippen LogP contribution in [-0.4, -0.2) is 43.9 Å². The fraction of sp³-hybridized carbons (Fsp3) is 0.500. The highest BCUT2D eigenvalue weighted by molar-refractivity contribution is 5.88. The van der Waals surface area contributed by atoms with Gasteiger partial charge in [-0.1, -0.05) is 0 Å². The molecule has 0 aliphatic rings. The second kappa shape index (κ2) is 16.5. The number of hydrogen-bond acceptors (Lipinski definition) is 9. The Balaban J connectivity index is -0.0000000480. The van der Waals surface area contributed by atoms with Crippen molar-refractivity contribution in [2.75, 3.05) is 0 Å². The van der Waals surface area contributed by atoms with E-state index in [9.17, 15) is 14.4 Å². The number of carboxylic acids is 3. The Morgan fingerprint density at radius 1 is 0.737 bits per heavy atom. The molecule has 0 saturated heterocycles. The zero-order valence-corrected chi connectivity index (χ0v) is 11.2. The molecule has 0 radical (unpaired) electrons. The predicted octanol–water partition coefficient (Wildman–Crippen LogP) is -0.0167. The summed E-state index contributed by atoms with van der Waals surface area (Å²) in [6.45, 7) is 0. The molecule has 0 rings (SSSR count). The van der Waals surface area contributed by atoms with Crippen LogP contribution in [0.5, 0.6) is 0 Å². The molecule has 0 spiro atoms. The summed E-state index contributed by atoms with van der Waals surface area (Å²) in [6.07, 6.45) is -2.29. The van der Waals surface area contributed by atoms with Gasteiger partial charge in [0.25, 0.3) is 0 Å². The van der Waals surface area contributed by atoms with Gasteiger partial charge in [-0.25, -0.2) is 4.79 Å². The highest BCUT2D eigenvalue weighted by atomic mass is 35.5. The van der Waals surface area contributed by atoms with Crippen LogP contribution in [0.25, 0.3) is 0 Å². The molecule has 0 aromatic heterocycles. The average Bonchev–Trinajstić information content (AvgIpc) is 1.82. The van der Waals surface area contributed by atoms with E-state index in [1.165, 1.54) is 0 Å². The summed E-state index contributed by atoms with van der Waals surface area (Å²) in [5.41, 5.74) is -2.74. The van der Waals surface area contributed by atoms with Crippen molar-refractivity contribution in [1.29, 1.82) is 0 Å². The van der Waals surface area contributed by atoms with E-state index in [0.717, 1.165) is 0 Å². The Hall–Kier alpha value is -1.54. The number of rotatable bonds is 5. The minimum atomic E-state index is -2.74. The lowest BCUT2D eigenvalue weighted by atomic mass is 9.96. The lowest BCUT2D eigenvalue weighted by molar-refractivity contribution is -0.170. The van der Waals surface area contributed by atoms with E-state index in [1.54, 1.807) is 0 Å². The van der Waals surface area contributed by atoms with Crippen molar-refractivity contribution < 1.29 is 34.8 Å². The van der Waals surface area contributed by atoms with Crippen molar-refractivity contribution in [3.63, 3.8) is 0 Å². The lowest BCUT2D eigenvalue weighted by Gasteiger charge is -2.18. The first kappa shape index (κ1) is 43.2. The quantitative estimate of drug-likeness (QED) is 0.323. The SMILES string of the molecule is Cl.N.N.N.N.N.O=C(O)CC(O)(CC(=O)O)C(=O)O. The van der Waals surface area contributed by atoms with E-state index in [0.29, 0.717) is 0 Å². The second-order valence-electron chi connectivity index (χ2n) is 2.48. The van der Waals surface area contributed by atoms with Crippen molar-refractivity contribution in [2.45, 2.75) is 18.4 Å². The largest absolute Gasteiger partial charge is 0.481 e. The van der Waals surface area contributed by atoms with Crippen LogP contribution in [0.3, 0.4) is 0 Å². The predicted molar refractivity (Wildman–Crippen MR) is 69.4 cm³/mol. The first-order valence-electron chi connectivity index (χ1n) is 3.17. The topological polar surface area (TPSA) is 307 Å². The summed E-state index contributed by atoms with van der Waals surface area (Å²) in [7, 11) is 0. The highest BCUT2D eigenvalue weighted by Gasteiger charge is 2.40. The molecule has 13 heteroatoms. The summed E-state index contributed by atoms with van der Waals surface area (Å²) in [5.74, 6) is -5.02. The maximum Gasteiger partial charge on any atom is 0.336 e. The van der Waals surface area contributed by atoms with Crippen molar-refractivity contribution in [3.05, 3.63) is 0 Å². The number of aliphatic hydroxyl groups is 1. The van der Waals surface area contributed by atoms with Crippen molar-refractivity contribution in [3.8, 4) is 0 Å². The van der Waals surface area contributed by atoms with Gasteiger partial charge in [0.05, 0.1) is 12.8 Å². The number of halogens is 1. The van der Waals surface area contributed by atoms with Crippen LogP contribution in [0.4, 0.5) is 0 Å². The lowest BCUT2D eigenvalue weighted by Crippen LogP contribution is -2.42. The summed E-state index contributed by atoms with van der Waals surface area (Å²) < 4.78 is 0. The Labute approximate surface area is 115 Å². The van der Waals surface area contributed by atoms with Gasteiger partial charge in [-0.05, 0) is 0 Å². The maximum absolute atomic E-state index is 10.3. The van der Waals surface area contributed by atoms with Crippen LogP contribution < -0.4 is 30.8 Å². The first-order valence-corrected chi connectivity index (χ1v) is 3.17. The monoisotopic (exact) mass is 313 g/mol. The van der Waals surface area contributed by atoms with Crippen molar-refractivity contribution in [1.82, 2.24) is 30.8 Å². The molecule has 0 aliphatic carbocycles. The Morgan fingerprint density at radius 2 is 0.947 bits per heavy atom. The Morgan fingerprint density at radius 3 is 1.05 bits per heavy atom. The van der Waals surface area contributed by atoms with Crippen LogP contribution in [0.1, 0.15) is 12.8 Å². The van der Waals surface area contributed by atoms with Gasteiger partial charge >= 0.3 is 17.9 Å². The molecule has 19 N–H and O–H groups in total. The molecule has 0 atom stereocenters. The third-order valence-corrected chi connectivity index (χ3v) is 1.29. The molecular formula is C6H24ClN5O7. The minimum absolute atomic E-state index is 0. The third kappa shape index (κ3) is 16.5. The smallest absolute Gasteiger partial charge is 0.336 e. The van der Waals surface area contributed by atoms with Gasteiger partial charge in [0.2, 0.25) is 0 Å². The number of hydrogen-bond donors (Lipinski definition) is 9. The molecular weight excluding hydrogens is 290 g/mol. The van der Waals surface area contributed by atoms with E-state index < -0.39 is 36.4 Å². The van der Waals surface area contributed by atoms with E-state index in [2.05, 4.69) is 0 Å². The van der Waals surface area contributed by atoms with E-state index >= 15 is 0 Å². The van der Waals surface area contributed by atoms with Gasteiger partial charge in [-0.3, -0.25) is 9.59 Å². The maximum atomic E-state index is 10.3. The summed E-state index contributed by atoms with van der Waals surface area (Å²) in [5, 5.41) is 33.8. The molecule has 0 aromatic rings. The molecule has 0 fully saturated rings. The average molecular weight is 314 g/mol. The van der Waals surface area contributed by atoms with Crippen molar-refractivity contribution in [2.24, 2.45) is 0 Å². The second-order valence-corrected chi connectivity index (χ2v) is 2.48. The summed E-state index contributed by atoms with van der Waals surface area (Å²) >= 11 is 0. The zero-order chi connectivity index (χ0) is 10.6. The van der Waals surface area contributed by atoms with E-state index in [-0.39, 0.29) is 43.2 Å². The van der Waals surface area contributed by atoms with Gasteiger partial charge in [0.1, 0.15) is 0 Å². The standard InChI is InChI=1S/C6H8O7.ClH.5H3N/c7-3(8)1-6(13,5(11)12)2-4(9)10;;;;;;/h13H,1-2H2,(H,7,8)(H,9,10)(H,11,12);1H;5*1H3. The van der Waals surface area contributed by atoms with Gasteiger partial charge < -0.3 is 51.2 Å². The van der Waals surface area contributed by atoms with Crippen molar-refractivity contribution >= 4 is 30.3 Å². The molecule has 0 heterocycles. The van der Waals surface area contributed by atoms with E-state index in [4.69, 9.17) is 20.4 Å². The van der Waals surface area contributed by atoms with Crippen LogP contribution in [0.2, 0.25) is 0 Å².